The predicted octanol–water partition coefficient (Wildman–Crippen LogP) is 4.37. The van der Waals surface area contributed by atoms with Crippen LogP contribution in [0.3, 0.4) is 0 Å². The van der Waals surface area contributed by atoms with Crippen molar-refractivity contribution in [3.63, 3.8) is 0 Å². The first kappa shape index (κ1) is 25.2. The Morgan fingerprint density at radius 1 is 1.12 bits per heavy atom. The van der Waals surface area contributed by atoms with Gasteiger partial charge in [0.2, 0.25) is 5.91 Å². The van der Waals surface area contributed by atoms with Gasteiger partial charge in [-0.1, -0.05) is 50.6 Å². The molecule has 0 saturated carbocycles. The van der Waals surface area contributed by atoms with E-state index in [2.05, 4.69) is 5.32 Å². The standard InChI is InChI=1S/C24H30ClN3O4S/c1-15-14-18(26-23(31)24(2,3)4)33-20(15)21(29)28-12-10-27(11-13-28)19(22(30)32-5)16-8-6-7-9-17(16)25/h6-9,14,19H,10-13H2,1-5H3,(H,26,31). The van der Waals surface area contributed by atoms with Gasteiger partial charge in [0, 0.05) is 36.6 Å². The van der Waals surface area contributed by atoms with Crippen LogP contribution in [0.2, 0.25) is 5.02 Å². The average molecular weight is 492 g/mol. The zero-order chi connectivity index (χ0) is 24.3. The zero-order valence-corrected chi connectivity index (χ0v) is 21.2. The minimum atomic E-state index is -0.622. The fourth-order valence-corrected chi connectivity index (χ4v) is 4.94. The number of halogens is 1. The molecule has 9 heteroatoms. The summed E-state index contributed by atoms with van der Waals surface area (Å²) in [4.78, 5) is 42.5. The number of benzene rings is 1. The molecule has 1 aliphatic rings. The largest absolute Gasteiger partial charge is 0.468 e. The molecule has 2 heterocycles. The zero-order valence-electron chi connectivity index (χ0n) is 19.6. The summed E-state index contributed by atoms with van der Waals surface area (Å²) in [5.74, 6) is -0.540. The van der Waals surface area contributed by atoms with E-state index < -0.39 is 11.5 Å². The number of rotatable bonds is 5. The Morgan fingerprint density at radius 3 is 2.33 bits per heavy atom. The second kappa shape index (κ2) is 10.2. The number of thiophene rings is 1. The Morgan fingerprint density at radius 2 is 1.76 bits per heavy atom. The molecule has 1 fully saturated rings. The Bertz CT molecular complexity index is 1040. The summed E-state index contributed by atoms with van der Waals surface area (Å²) < 4.78 is 5.04. The number of amides is 2. The number of methoxy groups -OCH3 is 1. The Kier molecular flexibility index (Phi) is 7.82. The van der Waals surface area contributed by atoms with Crippen molar-refractivity contribution < 1.29 is 19.1 Å². The monoisotopic (exact) mass is 491 g/mol. The van der Waals surface area contributed by atoms with Crippen LogP contribution < -0.4 is 5.32 Å². The summed E-state index contributed by atoms with van der Waals surface area (Å²) in [6, 6.07) is 8.45. The van der Waals surface area contributed by atoms with E-state index >= 15 is 0 Å². The van der Waals surface area contributed by atoms with Crippen molar-refractivity contribution in [1.29, 1.82) is 0 Å². The number of esters is 1. The number of hydrogen-bond donors (Lipinski definition) is 1. The lowest BCUT2D eigenvalue weighted by Crippen LogP contribution is -2.51. The van der Waals surface area contributed by atoms with Gasteiger partial charge in [-0.2, -0.15) is 0 Å². The number of piperazine rings is 1. The highest BCUT2D eigenvalue weighted by molar-refractivity contribution is 7.18. The topological polar surface area (TPSA) is 79.0 Å². The highest BCUT2D eigenvalue weighted by Crippen LogP contribution is 2.32. The minimum Gasteiger partial charge on any atom is -0.468 e. The third-order valence-electron chi connectivity index (χ3n) is 5.62. The number of nitrogens with one attached hydrogen (secondary N) is 1. The molecule has 3 rings (SSSR count). The first-order valence-corrected chi connectivity index (χ1v) is 12.0. The van der Waals surface area contributed by atoms with Crippen LogP contribution in [0.5, 0.6) is 0 Å². The van der Waals surface area contributed by atoms with Gasteiger partial charge in [0.05, 0.1) is 17.0 Å². The van der Waals surface area contributed by atoms with Crippen molar-refractivity contribution in [3.8, 4) is 0 Å². The second-order valence-corrected chi connectivity index (χ2v) is 10.6. The molecule has 2 amide bonds. The first-order valence-electron chi connectivity index (χ1n) is 10.8. The van der Waals surface area contributed by atoms with Gasteiger partial charge >= 0.3 is 5.97 Å². The van der Waals surface area contributed by atoms with E-state index in [9.17, 15) is 14.4 Å². The lowest BCUT2D eigenvalue weighted by atomic mass is 9.96. The van der Waals surface area contributed by atoms with Crippen LogP contribution in [0.15, 0.2) is 30.3 Å². The van der Waals surface area contributed by atoms with Gasteiger partial charge in [-0.05, 0) is 30.2 Å². The molecule has 1 atom stereocenters. The fourth-order valence-electron chi connectivity index (χ4n) is 3.66. The number of carbonyl (C=O) groups excluding carboxylic acids is 3. The van der Waals surface area contributed by atoms with E-state index in [4.69, 9.17) is 16.3 Å². The molecule has 0 bridgehead atoms. The molecule has 33 heavy (non-hydrogen) atoms. The number of ether oxygens (including phenoxy) is 1. The second-order valence-electron chi connectivity index (χ2n) is 9.10. The minimum absolute atomic E-state index is 0.0687. The van der Waals surface area contributed by atoms with E-state index in [1.54, 1.807) is 11.0 Å². The van der Waals surface area contributed by atoms with Crippen LogP contribution in [0, 0.1) is 12.3 Å². The van der Waals surface area contributed by atoms with Crippen LogP contribution in [-0.4, -0.2) is 60.9 Å². The van der Waals surface area contributed by atoms with Gasteiger partial charge < -0.3 is 15.0 Å². The normalized spacial score (nSPS) is 15.8. The Hall–Kier alpha value is -2.42. The van der Waals surface area contributed by atoms with Crippen LogP contribution in [0.4, 0.5) is 5.00 Å². The van der Waals surface area contributed by atoms with Gasteiger partial charge in [-0.25, -0.2) is 4.79 Å². The van der Waals surface area contributed by atoms with Crippen molar-refractivity contribution in [2.45, 2.75) is 33.7 Å². The third-order valence-corrected chi connectivity index (χ3v) is 7.11. The van der Waals surface area contributed by atoms with Crippen LogP contribution in [0.25, 0.3) is 0 Å². The molecule has 178 valence electrons. The van der Waals surface area contributed by atoms with Crippen LogP contribution >= 0.6 is 22.9 Å². The Balaban J connectivity index is 1.70. The van der Waals surface area contributed by atoms with Crippen molar-refractivity contribution in [2.75, 3.05) is 38.6 Å². The quantitative estimate of drug-likeness (QED) is 0.628. The average Bonchev–Trinajstić information content (AvgIpc) is 3.14. The van der Waals surface area contributed by atoms with E-state index in [0.29, 0.717) is 46.6 Å². The van der Waals surface area contributed by atoms with Gasteiger partial charge in [0.1, 0.15) is 6.04 Å². The molecule has 1 N–H and O–H groups in total. The summed E-state index contributed by atoms with van der Waals surface area (Å²) in [5, 5.41) is 4.07. The van der Waals surface area contributed by atoms with Gasteiger partial charge in [-0.3, -0.25) is 14.5 Å². The molecular formula is C24H30ClN3O4S. The lowest BCUT2D eigenvalue weighted by Gasteiger charge is -2.38. The van der Waals surface area contributed by atoms with Crippen LogP contribution in [-0.2, 0) is 14.3 Å². The van der Waals surface area contributed by atoms with Gasteiger partial charge in [0.25, 0.3) is 5.91 Å². The smallest absolute Gasteiger partial charge is 0.327 e. The summed E-state index contributed by atoms with van der Waals surface area (Å²) >= 11 is 7.65. The molecule has 1 unspecified atom stereocenters. The first-order chi connectivity index (χ1) is 15.5. The molecule has 1 aromatic heterocycles. The summed E-state index contributed by atoms with van der Waals surface area (Å²) in [6.07, 6.45) is 0. The van der Waals surface area contributed by atoms with Crippen molar-refractivity contribution >= 4 is 45.7 Å². The molecule has 1 saturated heterocycles. The van der Waals surface area contributed by atoms with Gasteiger partial charge in [0.15, 0.2) is 0 Å². The molecule has 7 nitrogen and oxygen atoms in total. The summed E-state index contributed by atoms with van der Waals surface area (Å²) in [6.45, 7) is 9.37. The molecule has 2 aromatic rings. The maximum Gasteiger partial charge on any atom is 0.327 e. The number of hydrogen-bond acceptors (Lipinski definition) is 6. The Labute approximate surface area is 203 Å². The maximum atomic E-state index is 13.2. The highest BCUT2D eigenvalue weighted by Gasteiger charge is 2.34. The third kappa shape index (κ3) is 5.75. The molecule has 0 radical (unpaired) electrons. The van der Waals surface area contributed by atoms with Crippen molar-refractivity contribution in [3.05, 3.63) is 51.4 Å². The lowest BCUT2D eigenvalue weighted by molar-refractivity contribution is -0.148. The predicted molar refractivity (Wildman–Crippen MR) is 131 cm³/mol. The van der Waals surface area contributed by atoms with E-state index in [1.807, 2.05) is 56.9 Å². The maximum absolute atomic E-state index is 13.2. The molecule has 1 aliphatic heterocycles. The molecule has 1 aromatic carbocycles. The van der Waals surface area contributed by atoms with E-state index in [-0.39, 0.29) is 17.8 Å². The number of anilines is 1. The van der Waals surface area contributed by atoms with Crippen molar-refractivity contribution in [2.24, 2.45) is 5.41 Å². The van der Waals surface area contributed by atoms with Crippen LogP contribution in [0.1, 0.15) is 47.6 Å². The van der Waals surface area contributed by atoms with E-state index in [0.717, 1.165) is 5.56 Å². The number of carbonyl (C=O) groups is 3. The highest BCUT2D eigenvalue weighted by atomic mass is 35.5. The van der Waals surface area contributed by atoms with E-state index in [1.165, 1.54) is 18.4 Å². The summed E-state index contributed by atoms with van der Waals surface area (Å²) in [7, 11) is 1.36. The number of nitrogens with zero attached hydrogens (tertiary/aromatic N) is 2. The SMILES string of the molecule is COC(=O)C(c1ccccc1Cl)N1CCN(C(=O)c2sc(NC(=O)C(C)(C)C)cc2C)CC1. The molecule has 0 spiro atoms. The van der Waals surface area contributed by atoms with Crippen molar-refractivity contribution in [1.82, 2.24) is 9.80 Å². The van der Waals surface area contributed by atoms with Gasteiger partial charge in [-0.15, -0.1) is 11.3 Å². The number of aryl methyl sites for hydroxylation is 1. The molecular weight excluding hydrogens is 462 g/mol. The molecule has 0 aliphatic carbocycles. The fraction of sp³-hybridized carbons (Fsp3) is 0.458. The summed E-state index contributed by atoms with van der Waals surface area (Å²) in [5.41, 5.74) is 1.01.